The predicted octanol–water partition coefficient (Wildman–Crippen LogP) is -0.0363. The number of hydrogen-bond donors (Lipinski definition) is 2. The number of amides is 1. The number of nitrogens with one attached hydrogen (secondary N) is 2. The Morgan fingerprint density at radius 3 is 2.69 bits per heavy atom. The zero-order valence-corrected chi connectivity index (χ0v) is 11.2. The molecule has 0 heterocycles. The van der Waals surface area contributed by atoms with Gasteiger partial charge in [0.15, 0.2) is 5.11 Å². The lowest BCUT2D eigenvalue weighted by atomic mass is 10.4. The molecule has 1 amide bonds. The zero-order chi connectivity index (χ0) is 12.6. The summed E-state index contributed by atoms with van der Waals surface area (Å²) in [5, 5.41) is 6.35. The minimum Gasteiger partial charge on any atom is -0.383 e. The fraction of sp³-hybridized carbons (Fsp3) is 0.800. The molecule has 0 saturated carbocycles. The van der Waals surface area contributed by atoms with Crippen LogP contribution in [0.1, 0.15) is 13.8 Å². The lowest BCUT2D eigenvalue weighted by molar-refractivity contribution is -0.128. The standard InChI is InChI=1S/C10H21N3O2S/c1-5-13(3)9(14)6-11-10(16)12-8(2)7-15-4/h8H,5-7H2,1-4H3,(H2,11,12,16). The molecular formula is C10H21N3O2S. The normalized spacial score (nSPS) is 11.8. The van der Waals surface area contributed by atoms with Crippen molar-refractivity contribution in [2.45, 2.75) is 19.9 Å². The number of nitrogens with zero attached hydrogens (tertiary/aromatic N) is 1. The Morgan fingerprint density at radius 2 is 2.19 bits per heavy atom. The summed E-state index contributed by atoms with van der Waals surface area (Å²) in [6.45, 7) is 5.37. The van der Waals surface area contributed by atoms with Crippen LogP contribution in [0.25, 0.3) is 0 Å². The summed E-state index contributed by atoms with van der Waals surface area (Å²) >= 11 is 5.04. The molecule has 0 aliphatic carbocycles. The van der Waals surface area contributed by atoms with E-state index >= 15 is 0 Å². The van der Waals surface area contributed by atoms with Crippen molar-refractivity contribution in [3.8, 4) is 0 Å². The molecule has 94 valence electrons. The average Bonchev–Trinajstić information content (AvgIpc) is 2.24. The zero-order valence-electron chi connectivity index (χ0n) is 10.4. The van der Waals surface area contributed by atoms with E-state index in [-0.39, 0.29) is 18.5 Å². The molecule has 5 nitrogen and oxygen atoms in total. The number of thiocarbonyl (C=S) groups is 1. The number of hydrogen-bond acceptors (Lipinski definition) is 3. The Bertz CT molecular complexity index is 236. The average molecular weight is 247 g/mol. The van der Waals surface area contributed by atoms with Crippen molar-refractivity contribution in [3.63, 3.8) is 0 Å². The van der Waals surface area contributed by atoms with Crippen molar-refractivity contribution in [2.24, 2.45) is 0 Å². The van der Waals surface area contributed by atoms with E-state index in [1.165, 1.54) is 0 Å². The van der Waals surface area contributed by atoms with E-state index in [2.05, 4.69) is 10.6 Å². The summed E-state index contributed by atoms with van der Waals surface area (Å²) in [5.41, 5.74) is 0. The Kier molecular flexibility index (Phi) is 7.84. The van der Waals surface area contributed by atoms with Gasteiger partial charge in [0.25, 0.3) is 0 Å². The van der Waals surface area contributed by atoms with E-state index in [0.717, 1.165) is 0 Å². The van der Waals surface area contributed by atoms with E-state index in [0.29, 0.717) is 18.3 Å². The molecule has 1 atom stereocenters. The molecule has 2 N–H and O–H groups in total. The maximum atomic E-state index is 11.4. The van der Waals surface area contributed by atoms with Crippen LogP contribution in [0, 0.1) is 0 Å². The minimum absolute atomic E-state index is 0.0195. The first kappa shape index (κ1) is 15.1. The van der Waals surface area contributed by atoms with Crippen LogP contribution in [-0.2, 0) is 9.53 Å². The lowest BCUT2D eigenvalue weighted by Gasteiger charge is -2.18. The van der Waals surface area contributed by atoms with Crippen molar-refractivity contribution in [3.05, 3.63) is 0 Å². The topological polar surface area (TPSA) is 53.6 Å². The van der Waals surface area contributed by atoms with Crippen LogP contribution in [0.2, 0.25) is 0 Å². The Hall–Kier alpha value is -0.880. The van der Waals surface area contributed by atoms with Gasteiger partial charge < -0.3 is 20.3 Å². The van der Waals surface area contributed by atoms with Crippen LogP contribution < -0.4 is 10.6 Å². The summed E-state index contributed by atoms with van der Waals surface area (Å²) in [6.07, 6.45) is 0. The van der Waals surface area contributed by atoms with Crippen LogP contribution in [-0.4, -0.2) is 55.8 Å². The largest absolute Gasteiger partial charge is 0.383 e. The van der Waals surface area contributed by atoms with Crippen LogP contribution in [0.15, 0.2) is 0 Å². The highest BCUT2D eigenvalue weighted by Crippen LogP contribution is 1.84. The molecule has 0 fully saturated rings. The third-order valence-corrected chi connectivity index (χ3v) is 2.36. The number of methoxy groups -OCH3 is 1. The van der Waals surface area contributed by atoms with Gasteiger partial charge in [0, 0.05) is 26.7 Å². The molecule has 0 aromatic rings. The maximum absolute atomic E-state index is 11.4. The summed E-state index contributed by atoms with van der Waals surface area (Å²) in [5.74, 6) is 0.0195. The first-order valence-electron chi connectivity index (χ1n) is 5.28. The quantitative estimate of drug-likeness (QED) is 0.645. The van der Waals surface area contributed by atoms with E-state index in [9.17, 15) is 4.79 Å². The van der Waals surface area contributed by atoms with Crippen molar-refractivity contribution in [2.75, 3.05) is 33.9 Å². The summed E-state index contributed by atoms with van der Waals surface area (Å²) < 4.78 is 4.96. The summed E-state index contributed by atoms with van der Waals surface area (Å²) in [7, 11) is 3.39. The molecule has 1 unspecified atom stereocenters. The molecule has 0 rings (SSSR count). The van der Waals surface area contributed by atoms with Gasteiger partial charge in [-0.25, -0.2) is 0 Å². The second-order valence-corrected chi connectivity index (χ2v) is 4.00. The van der Waals surface area contributed by atoms with Gasteiger partial charge >= 0.3 is 0 Å². The smallest absolute Gasteiger partial charge is 0.241 e. The molecule has 0 bridgehead atoms. The molecule has 0 spiro atoms. The van der Waals surface area contributed by atoms with Crippen LogP contribution in [0.3, 0.4) is 0 Å². The second-order valence-electron chi connectivity index (χ2n) is 3.59. The van der Waals surface area contributed by atoms with E-state index < -0.39 is 0 Å². The molecule has 0 radical (unpaired) electrons. The Labute approximate surface area is 103 Å². The van der Waals surface area contributed by atoms with Crippen molar-refractivity contribution < 1.29 is 9.53 Å². The molecule has 0 aliphatic heterocycles. The fourth-order valence-electron chi connectivity index (χ4n) is 1.03. The number of likely N-dealkylation sites (N-methyl/N-ethyl adjacent to an activating group) is 1. The van der Waals surface area contributed by atoms with Crippen LogP contribution >= 0.6 is 12.2 Å². The van der Waals surface area contributed by atoms with Crippen molar-refractivity contribution in [1.82, 2.24) is 15.5 Å². The highest BCUT2D eigenvalue weighted by Gasteiger charge is 2.08. The molecule has 0 aliphatic rings. The monoisotopic (exact) mass is 247 g/mol. The van der Waals surface area contributed by atoms with Crippen molar-refractivity contribution in [1.29, 1.82) is 0 Å². The van der Waals surface area contributed by atoms with Gasteiger partial charge in [-0.15, -0.1) is 0 Å². The van der Waals surface area contributed by atoms with E-state index in [4.69, 9.17) is 17.0 Å². The Balaban J connectivity index is 3.77. The van der Waals surface area contributed by atoms with Gasteiger partial charge in [-0.3, -0.25) is 4.79 Å². The Morgan fingerprint density at radius 1 is 1.56 bits per heavy atom. The molecule has 0 aromatic heterocycles. The summed E-state index contributed by atoms with van der Waals surface area (Å²) in [4.78, 5) is 13.1. The van der Waals surface area contributed by atoms with Gasteiger partial charge in [-0.1, -0.05) is 0 Å². The van der Waals surface area contributed by atoms with Gasteiger partial charge in [0.05, 0.1) is 13.2 Å². The van der Waals surface area contributed by atoms with E-state index in [1.54, 1.807) is 19.1 Å². The van der Waals surface area contributed by atoms with Gasteiger partial charge in [-0.05, 0) is 26.1 Å². The third kappa shape index (κ3) is 6.58. The number of rotatable bonds is 6. The highest BCUT2D eigenvalue weighted by atomic mass is 32.1. The van der Waals surface area contributed by atoms with Gasteiger partial charge in [0.1, 0.15) is 0 Å². The lowest BCUT2D eigenvalue weighted by Crippen LogP contribution is -2.46. The van der Waals surface area contributed by atoms with Crippen LogP contribution in [0.5, 0.6) is 0 Å². The molecule has 0 saturated heterocycles. The summed E-state index contributed by atoms with van der Waals surface area (Å²) in [6, 6.07) is 0.129. The molecule has 0 aromatic carbocycles. The number of carbonyl (C=O) groups excluding carboxylic acids is 1. The second kappa shape index (κ2) is 8.29. The predicted molar refractivity (Wildman–Crippen MR) is 68.4 cm³/mol. The van der Waals surface area contributed by atoms with Gasteiger partial charge in [-0.2, -0.15) is 0 Å². The minimum atomic E-state index is 0.0195. The van der Waals surface area contributed by atoms with Crippen molar-refractivity contribution >= 4 is 23.2 Å². The van der Waals surface area contributed by atoms with Crippen LogP contribution in [0.4, 0.5) is 0 Å². The SMILES string of the molecule is CCN(C)C(=O)CNC(=S)NC(C)COC. The number of carbonyl (C=O) groups is 1. The third-order valence-electron chi connectivity index (χ3n) is 2.09. The maximum Gasteiger partial charge on any atom is 0.241 e. The molecular weight excluding hydrogens is 226 g/mol. The number of ether oxygens (including phenoxy) is 1. The van der Waals surface area contributed by atoms with E-state index in [1.807, 2.05) is 13.8 Å². The first-order chi connectivity index (χ1) is 7.51. The van der Waals surface area contributed by atoms with Gasteiger partial charge in [0.2, 0.25) is 5.91 Å². The first-order valence-corrected chi connectivity index (χ1v) is 5.69. The fourth-order valence-corrected chi connectivity index (χ4v) is 1.31. The molecule has 16 heavy (non-hydrogen) atoms. The highest BCUT2D eigenvalue weighted by molar-refractivity contribution is 7.80. The molecule has 6 heteroatoms.